The maximum atomic E-state index is 11.7. The lowest BCUT2D eigenvalue weighted by atomic mass is 10.00. The van der Waals surface area contributed by atoms with E-state index in [0.29, 0.717) is 25.0 Å². The van der Waals surface area contributed by atoms with Gasteiger partial charge in [-0.1, -0.05) is 6.92 Å². The van der Waals surface area contributed by atoms with Gasteiger partial charge >= 0.3 is 12.0 Å². The zero-order valence-electron chi connectivity index (χ0n) is 13.5. The van der Waals surface area contributed by atoms with Gasteiger partial charge in [-0.25, -0.2) is 9.59 Å². The molecule has 6 heteroatoms. The van der Waals surface area contributed by atoms with Gasteiger partial charge in [-0.05, 0) is 41.0 Å². The largest absolute Gasteiger partial charge is 0.480 e. The van der Waals surface area contributed by atoms with Crippen molar-refractivity contribution in [1.29, 1.82) is 0 Å². The van der Waals surface area contributed by atoms with Crippen LogP contribution in [-0.4, -0.2) is 52.7 Å². The highest BCUT2D eigenvalue weighted by molar-refractivity contribution is 5.85. The first-order valence-electron chi connectivity index (χ1n) is 7.19. The first-order valence-corrected chi connectivity index (χ1v) is 7.19. The number of urea groups is 1. The topological polar surface area (TPSA) is 81.7 Å². The zero-order chi connectivity index (χ0) is 15.9. The van der Waals surface area contributed by atoms with Crippen LogP contribution in [0.25, 0.3) is 0 Å². The van der Waals surface area contributed by atoms with E-state index in [-0.39, 0.29) is 0 Å². The average Bonchev–Trinajstić information content (AvgIpc) is 2.33. The van der Waals surface area contributed by atoms with Gasteiger partial charge in [-0.3, -0.25) is 4.90 Å². The minimum atomic E-state index is -1.22. The minimum Gasteiger partial charge on any atom is -0.480 e. The molecule has 2 amide bonds. The van der Waals surface area contributed by atoms with E-state index >= 15 is 0 Å². The number of aliphatic carboxylic acids is 1. The van der Waals surface area contributed by atoms with Crippen LogP contribution >= 0.6 is 0 Å². The van der Waals surface area contributed by atoms with Crippen LogP contribution in [-0.2, 0) is 4.79 Å². The van der Waals surface area contributed by atoms with Crippen molar-refractivity contribution in [3.63, 3.8) is 0 Å². The predicted molar refractivity (Wildman–Crippen MR) is 79.8 cm³/mol. The quantitative estimate of drug-likeness (QED) is 0.634. The van der Waals surface area contributed by atoms with Gasteiger partial charge in [0.1, 0.15) is 5.54 Å². The first-order chi connectivity index (χ1) is 9.14. The number of carbonyl (C=O) groups excluding carboxylic acids is 1. The molecule has 1 unspecified atom stereocenters. The molecule has 0 spiro atoms. The lowest BCUT2D eigenvalue weighted by Gasteiger charge is -2.31. The van der Waals surface area contributed by atoms with Crippen molar-refractivity contribution in [3.05, 3.63) is 0 Å². The number of nitrogens with one attached hydrogen (secondary N) is 2. The van der Waals surface area contributed by atoms with Crippen LogP contribution in [0.1, 0.15) is 48.0 Å². The predicted octanol–water partition coefficient (Wildman–Crippen LogP) is 1.66. The van der Waals surface area contributed by atoms with Crippen LogP contribution < -0.4 is 10.6 Å². The second-order valence-corrected chi connectivity index (χ2v) is 5.80. The van der Waals surface area contributed by atoms with Crippen molar-refractivity contribution in [3.8, 4) is 0 Å². The molecular formula is C14H29N3O3. The van der Waals surface area contributed by atoms with Gasteiger partial charge in [-0.2, -0.15) is 0 Å². The number of hydrogen-bond acceptors (Lipinski definition) is 3. The Labute approximate surface area is 121 Å². The van der Waals surface area contributed by atoms with Crippen molar-refractivity contribution in [2.24, 2.45) is 0 Å². The zero-order valence-corrected chi connectivity index (χ0v) is 13.5. The number of carbonyl (C=O) groups is 2. The van der Waals surface area contributed by atoms with Crippen molar-refractivity contribution in [2.75, 3.05) is 13.1 Å². The molecule has 0 heterocycles. The van der Waals surface area contributed by atoms with Crippen LogP contribution in [0, 0.1) is 0 Å². The molecule has 0 radical (unpaired) electrons. The van der Waals surface area contributed by atoms with Gasteiger partial charge in [0.15, 0.2) is 0 Å². The number of carboxylic acids is 1. The fourth-order valence-corrected chi connectivity index (χ4v) is 2.00. The van der Waals surface area contributed by atoms with Crippen molar-refractivity contribution in [2.45, 2.75) is 65.6 Å². The molecule has 0 aromatic rings. The number of amides is 2. The lowest BCUT2D eigenvalue weighted by molar-refractivity contribution is -0.143. The van der Waals surface area contributed by atoms with Crippen LogP contribution in [0.5, 0.6) is 0 Å². The molecule has 0 rings (SSSR count). The molecule has 3 N–H and O–H groups in total. The molecule has 1 atom stereocenters. The normalized spacial score (nSPS) is 14.4. The van der Waals surface area contributed by atoms with Gasteiger partial charge in [0.25, 0.3) is 0 Å². The fraction of sp³-hybridized carbons (Fsp3) is 0.857. The number of hydrogen-bond donors (Lipinski definition) is 3. The van der Waals surface area contributed by atoms with E-state index in [4.69, 9.17) is 5.11 Å². The third-order valence-corrected chi connectivity index (χ3v) is 3.55. The first kappa shape index (κ1) is 18.7. The summed E-state index contributed by atoms with van der Waals surface area (Å²) in [4.78, 5) is 25.1. The number of rotatable bonds is 8. The molecule has 0 fully saturated rings. The summed E-state index contributed by atoms with van der Waals surface area (Å²) in [5.74, 6) is -1.03. The molecule has 0 aliphatic carbocycles. The Morgan fingerprint density at radius 2 is 1.70 bits per heavy atom. The second kappa shape index (κ2) is 8.09. The van der Waals surface area contributed by atoms with Crippen LogP contribution in [0.3, 0.4) is 0 Å². The number of carboxylic acid groups (broad SMARTS) is 1. The highest BCUT2D eigenvalue weighted by Gasteiger charge is 2.32. The van der Waals surface area contributed by atoms with Gasteiger partial charge in [-0.15, -0.1) is 0 Å². The molecule has 0 aromatic heterocycles. The summed E-state index contributed by atoms with van der Waals surface area (Å²) >= 11 is 0. The maximum Gasteiger partial charge on any atom is 0.329 e. The molecule has 0 aliphatic heterocycles. The van der Waals surface area contributed by atoms with Crippen molar-refractivity contribution < 1.29 is 14.7 Å². The van der Waals surface area contributed by atoms with E-state index in [0.717, 1.165) is 6.54 Å². The minimum absolute atomic E-state index is 0.333. The van der Waals surface area contributed by atoms with Gasteiger partial charge in [0.05, 0.1) is 0 Å². The Hall–Kier alpha value is -1.30. The molecule has 0 saturated heterocycles. The third kappa shape index (κ3) is 5.77. The summed E-state index contributed by atoms with van der Waals surface area (Å²) < 4.78 is 0. The van der Waals surface area contributed by atoms with E-state index in [9.17, 15) is 9.59 Å². The summed E-state index contributed by atoms with van der Waals surface area (Å²) in [5, 5.41) is 14.3. The average molecular weight is 287 g/mol. The maximum absolute atomic E-state index is 11.7. The van der Waals surface area contributed by atoms with Gasteiger partial charge in [0.2, 0.25) is 0 Å². The summed E-state index contributed by atoms with van der Waals surface area (Å²) in [6.07, 6.45) is 0.333. The molecule has 0 saturated carbocycles. The third-order valence-electron chi connectivity index (χ3n) is 3.55. The summed E-state index contributed by atoms with van der Waals surface area (Å²) in [6.45, 7) is 12.9. The Kier molecular flexibility index (Phi) is 7.57. The summed E-state index contributed by atoms with van der Waals surface area (Å²) in [6, 6.07) is 0.365. The van der Waals surface area contributed by atoms with Crippen molar-refractivity contribution >= 4 is 12.0 Å². The van der Waals surface area contributed by atoms with Crippen LogP contribution in [0.15, 0.2) is 0 Å². The fourth-order valence-electron chi connectivity index (χ4n) is 2.00. The standard InChI is InChI=1S/C14H29N3O3/c1-7-14(6,12(18)19)16-13(20)15-8-9-17(10(2)3)11(4)5/h10-11H,7-9H2,1-6H3,(H,18,19)(H2,15,16,20). The molecule has 118 valence electrons. The van der Waals surface area contributed by atoms with Gasteiger partial charge in [0, 0.05) is 25.2 Å². The Bertz CT molecular complexity index is 324. The molecule has 0 aliphatic rings. The van der Waals surface area contributed by atoms with E-state index in [1.165, 1.54) is 6.92 Å². The second-order valence-electron chi connectivity index (χ2n) is 5.80. The lowest BCUT2D eigenvalue weighted by Crippen LogP contribution is -2.55. The van der Waals surface area contributed by atoms with E-state index in [1.54, 1.807) is 6.92 Å². The van der Waals surface area contributed by atoms with Crippen LogP contribution in [0.2, 0.25) is 0 Å². The monoisotopic (exact) mass is 287 g/mol. The highest BCUT2D eigenvalue weighted by Crippen LogP contribution is 2.08. The highest BCUT2D eigenvalue weighted by atomic mass is 16.4. The SMILES string of the molecule is CCC(C)(NC(=O)NCCN(C(C)C)C(C)C)C(=O)O. The van der Waals surface area contributed by atoms with Crippen LogP contribution in [0.4, 0.5) is 4.79 Å². The summed E-state index contributed by atoms with van der Waals surface area (Å²) in [7, 11) is 0. The number of nitrogens with zero attached hydrogens (tertiary/aromatic N) is 1. The summed E-state index contributed by atoms with van der Waals surface area (Å²) in [5.41, 5.74) is -1.22. The molecule has 0 bridgehead atoms. The molecular weight excluding hydrogens is 258 g/mol. The van der Waals surface area contributed by atoms with E-state index in [1.807, 2.05) is 0 Å². The molecule has 6 nitrogen and oxygen atoms in total. The van der Waals surface area contributed by atoms with Crippen molar-refractivity contribution in [1.82, 2.24) is 15.5 Å². The Morgan fingerprint density at radius 1 is 1.20 bits per heavy atom. The van der Waals surface area contributed by atoms with Gasteiger partial charge < -0.3 is 15.7 Å². The smallest absolute Gasteiger partial charge is 0.329 e. The van der Waals surface area contributed by atoms with E-state index in [2.05, 4.69) is 43.2 Å². The molecule has 0 aromatic carbocycles. The Morgan fingerprint density at radius 3 is 2.05 bits per heavy atom. The van der Waals surface area contributed by atoms with E-state index < -0.39 is 17.5 Å². The molecule has 20 heavy (non-hydrogen) atoms. The Balaban J connectivity index is 4.27.